The predicted molar refractivity (Wildman–Crippen MR) is 89.6 cm³/mol. The third-order valence-electron chi connectivity index (χ3n) is 4.82. The summed E-state index contributed by atoms with van der Waals surface area (Å²) < 4.78 is 10.8. The fourth-order valence-corrected chi connectivity index (χ4v) is 3.26. The number of hydrogen-bond donors (Lipinski definition) is 2. The fraction of sp³-hybridized carbons (Fsp3) is 0.588. The Kier molecular flexibility index (Phi) is 5.08. The van der Waals surface area contributed by atoms with Gasteiger partial charge in [0.25, 0.3) is 0 Å². The molecule has 2 aliphatic rings. The molecule has 25 heavy (non-hydrogen) atoms. The average molecular weight is 349 g/mol. The van der Waals surface area contributed by atoms with E-state index in [1.54, 1.807) is 12.1 Å². The highest BCUT2D eigenvalue weighted by atomic mass is 16.5. The Bertz CT molecular complexity index is 636. The Labute approximate surface area is 146 Å². The smallest absolute Gasteiger partial charge is 0.321 e. The van der Waals surface area contributed by atoms with E-state index in [2.05, 4.69) is 17.2 Å². The summed E-state index contributed by atoms with van der Waals surface area (Å²) in [6.45, 7) is 3.77. The summed E-state index contributed by atoms with van der Waals surface area (Å²) >= 11 is 0. The standard InChI is InChI=1S/C17H23N3O5/c1-2-3-6-25-14-5-4-13(7-18-14)19-16(23)20-8-12-9-24-11-17(12,10-20)15(21)22/h4-5,7,12H,2-3,6,8-11H2,1H3,(H,19,23)(H,21,22)/t12-,17-/m1/s1. The molecule has 2 aliphatic heterocycles. The Morgan fingerprint density at radius 3 is 3.00 bits per heavy atom. The van der Waals surface area contributed by atoms with E-state index in [1.807, 2.05) is 0 Å². The first-order chi connectivity index (χ1) is 12.0. The van der Waals surface area contributed by atoms with E-state index in [4.69, 9.17) is 9.47 Å². The molecule has 0 bridgehead atoms. The van der Waals surface area contributed by atoms with E-state index in [-0.39, 0.29) is 25.1 Å². The molecule has 0 spiro atoms. The van der Waals surface area contributed by atoms with E-state index in [0.29, 0.717) is 31.3 Å². The first-order valence-electron chi connectivity index (χ1n) is 8.51. The number of carboxylic acid groups (broad SMARTS) is 1. The number of rotatable bonds is 6. The van der Waals surface area contributed by atoms with Crippen molar-refractivity contribution in [1.82, 2.24) is 9.88 Å². The number of carbonyl (C=O) groups excluding carboxylic acids is 1. The molecule has 0 radical (unpaired) electrons. The summed E-state index contributed by atoms with van der Waals surface area (Å²) in [7, 11) is 0. The van der Waals surface area contributed by atoms with Gasteiger partial charge >= 0.3 is 12.0 Å². The van der Waals surface area contributed by atoms with Gasteiger partial charge in [0.2, 0.25) is 5.88 Å². The van der Waals surface area contributed by atoms with E-state index in [1.165, 1.54) is 11.1 Å². The molecule has 8 nitrogen and oxygen atoms in total. The molecule has 8 heteroatoms. The van der Waals surface area contributed by atoms with Gasteiger partial charge in [-0.15, -0.1) is 0 Å². The van der Waals surface area contributed by atoms with Gasteiger partial charge in [-0.05, 0) is 12.5 Å². The minimum absolute atomic E-state index is 0.155. The predicted octanol–water partition coefficient (Wildman–Crippen LogP) is 1.83. The highest BCUT2D eigenvalue weighted by molar-refractivity contribution is 5.90. The van der Waals surface area contributed by atoms with Crippen molar-refractivity contribution in [3.8, 4) is 5.88 Å². The quantitative estimate of drug-likeness (QED) is 0.760. The molecule has 0 unspecified atom stereocenters. The zero-order valence-corrected chi connectivity index (χ0v) is 14.2. The van der Waals surface area contributed by atoms with E-state index in [9.17, 15) is 14.7 Å². The normalized spacial score (nSPS) is 24.8. The van der Waals surface area contributed by atoms with Crippen LogP contribution in [-0.4, -0.2) is 59.9 Å². The fourth-order valence-electron chi connectivity index (χ4n) is 3.26. The Morgan fingerprint density at radius 1 is 1.52 bits per heavy atom. The lowest BCUT2D eigenvalue weighted by atomic mass is 9.81. The van der Waals surface area contributed by atoms with Gasteiger partial charge in [-0.2, -0.15) is 0 Å². The molecule has 136 valence electrons. The molecule has 3 rings (SSSR count). The lowest BCUT2D eigenvalue weighted by molar-refractivity contribution is -0.149. The third-order valence-corrected chi connectivity index (χ3v) is 4.82. The molecule has 3 heterocycles. The molecule has 1 aromatic rings. The maximum absolute atomic E-state index is 12.4. The molecule has 0 aliphatic carbocycles. The van der Waals surface area contributed by atoms with Crippen molar-refractivity contribution in [2.75, 3.05) is 38.2 Å². The number of aliphatic carboxylic acids is 1. The zero-order valence-electron chi connectivity index (χ0n) is 14.2. The second-order valence-electron chi connectivity index (χ2n) is 6.57. The van der Waals surface area contributed by atoms with Crippen molar-refractivity contribution >= 4 is 17.7 Å². The van der Waals surface area contributed by atoms with Gasteiger partial charge in [0.15, 0.2) is 0 Å². The number of carboxylic acids is 1. The number of aromatic nitrogens is 1. The van der Waals surface area contributed by atoms with E-state index < -0.39 is 11.4 Å². The number of urea groups is 1. The Hall–Kier alpha value is -2.35. The van der Waals surface area contributed by atoms with Crippen LogP contribution in [0.4, 0.5) is 10.5 Å². The number of unbranched alkanes of at least 4 members (excludes halogenated alkanes) is 1. The van der Waals surface area contributed by atoms with Crippen molar-refractivity contribution in [1.29, 1.82) is 0 Å². The van der Waals surface area contributed by atoms with E-state index in [0.717, 1.165) is 12.8 Å². The minimum Gasteiger partial charge on any atom is -0.481 e. The Morgan fingerprint density at radius 2 is 2.36 bits per heavy atom. The average Bonchev–Trinajstić information content (AvgIpc) is 3.15. The summed E-state index contributed by atoms with van der Waals surface area (Å²) in [5, 5.41) is 12.3. The first-order valence-corrected chi connectivity index (χ1v) is 8.51. The molecular weight excluding hydrogens is 326 g/mol. The zero-order chi connectivity index (χ0) is 17.9. The number of nitrogens with zero attached hydrogens (tertiary/aromatic N) is 2. The van der Waals surface area contributed by atoms with Crippen LogP contribution in [0.25, 0.3) is 0 Å². The van der Waals surface area contributed by atoms with Gasteiger partial charge in [0, 0.05) is 25.1 Å². The number of ether oxygens (including phenoxy) is 2. The molecule has 1 aromatic heterocycles. The molecule has 0 aromatic carbocycles. The number of amides is 2. The summed E-state index contributed by atoms with van der Waals surface area (Å²) in [5.41, 5.74) is -0.433. The van der Waals surface area contributed by atoms with Crippen LogP contribution in [0.15, 0.2) is 18.3 Å². The molecule has 2 atom stereocenters. The SMILES string of the molecule is CCCCOc1ccc(NC(=O)N2C[C@@H]3COC[C@]3(C(=O)O)C2)cn1. The van der Waals surface area contributed by atoms with Gasteiger partial charge in [-0.1, -0.05) is 13.3 Å². The maximum atomic E-state index is 12.4. The lowest BCUT2D eigenvalue weighted by Crippen LogP contribution is -2.41. The number of carbonyl (C=O) groups is 2. The van der Waals surface area contributed by atoms with Crippen LogP contribution in [-0.2, 0) is 9.53 Å². The number of anilines is 1. The number of fused-ring (bicyclic) bond motifs is 1. The molecule has 2 fully saturated rings. The van der Waals surface area contributed by atoms with Gasteiger partial charge < -0.3 is 24.8 Å². The molecule has 2 saturated heterocycles. The third kappa shape index (κ3) is 3.53. The second-order valence-corrected chi connectivity index (χ2v) is 6.57. The highest BCUT2D eigenvalue weighted by Crippen LogP contribution is 2.41. The monoisotopic (exact) mass is 349 g/mol. The number of likely N-dealkylation sites (tertiary alicyclic amines) is 1. The molecule has 0 saturated carbocycles. The summed E-state index contributed by atoms with van der Waals surface area (Å²) in [4.78, 5) is 29.7. The number of hydrogen-bond acceptors (Lipinski definition) is 5. The lowest BCUT2D eigenvalue weighted by Gasteiger charge is -2.22. The number of pyridine rings is 1. The van der Waals surface area contributed by atoms with Crippen molar-refractivity contribution in [2.24, 2.45) is 11.3 Å². The number of nitrogens with one attached hydrogen (secondary N) is 1. The van der Waals surface area contributed by atoms with Gasteiger partial charge in [0.05, 0.1) is 31.7 Å². The van der Waals surface area contributed by atoms with Gasteiger partial charge in [-0.25, -0.2) is 9.78 Å². The minimum atomic E-state index is -0.980. The van der Waals surface area contributed by atoms with Crippen LogP contribution in [0.5, 0.6) is 5.88 Å². The van der Waals surface area contributed by atoms with Crippen LogP contribution in [0, 0.1) is 11.3 Å². The Balaban J connectivity index is 1.57. The van der Waals surface area contributed by atoms with E-state index >= 15 is 0 Å². The topological polar surface area (TPSA) is 101 Å². The summed E-state index contributed by atoms with van der Waals surface area (Å²) in [5.74, 6) is -0.548. The van der Waals surface area contributed by atoms with Crippen LogP contribution in [0.3, 0.4) is 0 Å². The van der Waals surface area contributed by atoms with Crippen molar-refractivity contribution in [3.05, 3.63) is 18.3 Å². The largest absolute Gasteiger partial charge is 0.481 e. The van der Waals surface area contributed by atoms with Crippen molar-refractivity contribution < 1.29 is 24.2 Å². The molecule has 2 N–H and O–H groups in total. The van der Waals surface area contributed by atoms with Crippen LogP contribution < -0.4 is 10.1 Å². The van der Waals surface area contributed by atoms with Crippen molar-refractivity contribution in [3.63, 3.8) is 0 Å². The molecular formula is C17H23N3O5. The summed E-state index contributed by atoms with van der Waals surface area (Å²) in [6.07, 6.45) is 3.55. The van der Waals surface area contributed by atoms with Crippen LogP contribution in [0.2, 0.25) is 0 Å². The summed E-state index contributed by atoms with van der Waals surface area (Å²) in [6, 6.07) is 3.10. The van der Waals surface area contributed by atoms with Crippen LogP contribution in [0.1, 0.15) is 19.8 Å². The van der Waals surface area contributed by atoms with Crippen LogP contribution >= 0.6 is 0 Å². The van der Waals surface area contributed by atoms with Gasteiger partial charge in [-0.3, -0.25) is 4.79 Å². The highest BCUT2D eigenvalue weighted by Gasteiger charge is 2.57. The first kappa shape index (κ1) is 17.5. The van der Waals surface area contributed by atoms with Gasteiger partial charge in [0.1, 0.15) is 5.41 Å². The molecule has 2 amide bonds. The van der Waals surface area contributed by atoms with Crippen molar-refractivity contribution in [2.45, 2.75) is 19.8 Å². The maximum Gasteiger partial charge on any atom is 0.321 e. The second kappa shape index (κ2) is 7.26.